The number of rotatable bonds is 1. The van der Waals surface area contributed by atoms with Crippen molar-refractivity contribution < 1.29 is 4.74 Å². The minimum absolute atomic E-state index is 0.540. The van der Waals surface area contributed by atoms with E-state index in [-0.39, 0.29) is 0 Å². The average Bonchev–Trinajstić information content (AvgIpc) is 1.97. The third-order valence-corrected chi connectivity index (χ3v) is 3.01. The smallest absolute Gasteiger partial charge is 0.138 e. The van der Waals surface area contributed by atoms with Gasteiger partial charge in [0.05, 0.1) is 17.2 Å². The van der Waals surface area contributed by atoms with E-state index in [2.05, 4.69) is 22.6 Å². The summed E-state index contributed by atoms with van der Waals surface area (Å²) in [4.78, 5) is 0. The summed E-state index contributed by atoms with van der Waals surface area (Å²) in [5.41, 5.74) is 0. The van der Waals surface area contributed by atoms with Crippen molar-refractivity contribution in [3.63, 3.8) is 0 Å². The first-order valence-corrected chi connectivity index (χ1v) is 4.67. The van der Waals surface area contributed by atoms with Crippen LogP contribution < -0.4 is 4.74 Å². The van der Waals surface area contributed by atoms with E-state index in [1.165, 1.54) is 0 Å². The van der Waals surface area contributed by atoms with E-state index in [9.17, 15) is 0 Å². The molecule has 0 bridgehead atoms. The minimum atomic E-state index is 0.540. The summed E-state index contributed by atoms with van der Waals surface area (Å²) >= 11 is 13.7. The Labute approximate surface area is 88.8 Å². The number of hydrogen-bond donors (Lipinski definition) is 0. The number of ether oxygens (including phenoxy) is 1. The molecule has 1 aromatic carbocycles. The van der Waals surface area contributed by atoms with Gasteiger partial charge >= 0.3 is 0 Å². The van der Waals surface area contributed by atoms with Crippen molar-refractivity contribution in [3.8, 4) is 5.75 Å². The zero-order valence-corrected chi connectivity index (χ0v) is 9.37. The molecule has 0 saturated heterocycles. The highest BCUT2D eigenvalue weighted by atomic mass is 127. The molecule has 1 aromatic rings. The lowest BCUT2D eigenvalue weighted by Crippen LogP contribution is -1.85. The molecule has 0 atom stereocenters. The molecule has 0 heterocycles. The molecule has 4 heteroatoms. The van der Waals surface area contributed by atoms with E-state index < -0.39 is 0 Å². The third-order valence-electron chi connectivity index (χ3n) is 1.19. The van der Waals surface area contributed by atoms with Crippen LogP contribution in [0, 0.1) is 3.57 Å². The zero-order chi connectivity index (χ0) is 8.43. The van der Waals surface area contributed by atoms with Gasteiger partial charge in [0.25, 0.3) is 0 Å². The largest absolute Gasteiger partial charge is 0.495 e. The first-order chi connectivity index (χ1) is 5.15. The van der Waals surface area contributed by atoms with Crippen LogP contribution in [0.25, 0.3) is 0 Å². The standard InChI is InChI=1S/C7H5Cl2IO/c1-11-7-3-6(10)4(8)2-5(7)9/h2-3H,1H3. The maximum Gasteiger partial charge on any atom is 0.138 e. The van der Waals surface area contributed by atoms with Gasteiger partial charge in [-0.25, -0.2) is 0 Å². The normalized spacial score (nSPS) is 9.82. The molecule has 0 fully saturated rings. The van der Waals surface area contributed by atoms with Crippen molar-refractivity contribution >= 4 is 45.8 Å². The second-order valence-corrected chi connectivity index (χ2v) is 3.88. The summed E-state index contributed by atoms with van der Waals surface area (Å²) in [6.45, 7) is 0. The lowest BCUT2D eigenvalue weighted by atomic mass is 10.3. The fourth-order valence-corrected chi connectivity index (χ4v) is 1.56. The van der Waals surface area contributed by atoms with Crippen LogP contribution in [0.4, 0.5) is 0 Å². The lowest BCUT2D eigenvalue weighted by molar-refractivity contribution is 0.414. The molecule has 0 radical (unpaired) electrons. The van der Waals surface area contributed by atoms with Gasteiger partial charge in [-0.2, -0.15) is 0 Å². The van der Waals surface area contributed by atoms with Crippen molar-refractivity contribution in [2.24, 2.45) is 0 Å². The molecule has 0 aliphatic rings. The van der Waals surface area contributed by atoms with Crippen molar-refractivity contribution in [2.45, 2.75) is 0 Å². The van der Waals surface area contributed by atoms with Gasteiger partial charge in [0.1, 0.15) is 5.75 Å². The molecule has 11 heavy (non-hydrogen) atoms. The molecule has 1 nitrogen and oxygen atoms in total. The molecule has 0 aliphatic heterocycles. The van der Waals surface area contributed by atoms with Crippen LogP contribution in [-0.2, 0) is 0 Å². The molecule has 0 aromatic heterocycles. The van der Waals surface area contributed by atoms with Crippen molar-refractivity contribution in [3.05, 3.63) is 25.7 Å². The first-order valence-electron chi connectivity index (χ1n) is 2.83. The fourth-order valence-electron chi connectivity index (χ4n) is 0.661. The SMILES string of the molecule is COc1cc(I)c(Cl)cc1Cl. The van der Waals surface area contributed by atoms with Gasteiger partial charge in [0.15, 0.2) is 0 Å². The maximum absolute atomic E-state index is 5.80. The lowest BCUT2D eigenvalue weighted by Gasteiger charge is -2.03. The Morgan fingerprint density at radius 1 is 1.27 bits per heavy atom. The molecule has 0 amide bonds. The number of benzene rings is 1. The molecule has 0 unspecified atom stereocenters. The Morgan fingerprint density at radius 3 is 2.45 bits per heavy atom. The molecule has 60 valence electrons. The van der Waals surface area contributed by atoms with Gasteiger partial charge in [0, 0.05) is 3.57 Å². The first kappa shape index (κ1) is 9.42. The predicted octanol–water partition coefficient (Wildman–Crippen LogP) is 3.61. The molecule has 0 aliphatic carbocycles. The fraction of sp³-hybridized carbons (Fsp3) is 0.143. The second-order valence-electron chi connectivity index (χ2n) is 1.90. The Bertz CT molecular complexity index is 275. The second kappa shape index (κ2) is 3.83. The summed E-state index contributed by atoms with van der Waals surface area (Å²) in [5, 5.41) is 1.19. The molecule has 0 saturated carbocycles. The van der Waals surface area contributed by atoms with Crippen LogP contribution in [0.3, 0.4) is 0 Å². The van der Waals surface area contributed by atoms with Crippen LogP contribution in [0.1, 0.15) is 0 Å². The molecule has 0 spiro atoms. The maximum atomic E-state index is 5.80. The number of hydrogen-bond acceptors (Lipinski definition) is 1. The van der Waals surface area contributed by atoms with Crippen LogP contribution in [-0.4, -0.2) is 7.11 Å². The Kier molecular flexibility index (Phi) is 3.28. The summed E-state index contributed by atoms with van der Waals surface area (Å²) < 4.78 is 5.92. The molecule has 1 rings (SSSR count). The Balaban J connectivity index is 3.21. The summed E-state index contributed by atoms with van der Waals surface area (Å²) in [5.74, 6) is 0.653. The van der Waals surface area contributed by atoms with Crippen LogP contribution in [0.2, 0.25) is 10.0 Å². The minimum Gasteiger partial charge on any atom is -0.495 e. The van der Waals surface area contributed by atoms with Gasteiger partial charge in [0.2, 0.25) is 0 Å². The average molecular weight is 303 g/mol. The van der Waals surface area contributed by atoms with Gasteiger partial charge in [-0.15, -0.1) is 0 Å². The Hall–Kier alpha value is 0.330. The number of methoxy groups -OCH3 is 1. The van der Waals surface area contributed by atoms with E-state index in [0.717, 1.165) is 3.57 Å². The molecular weight excluding hydrogens is 298 g/mol. The van der Waals surface area contributed by atoms with Crippen LogP contribution in [0.15, 0.2) is 12.1 Å². The quantitative estimate of drug-likeness (QED) is 0.569. The van der Waals surface area contributed by atoms with Gasteiger partial charge in [-0.1, -0.05) is 23.2 Å². The van der Waals surface area contributed by atoms with E-state index in [4.69, 9.17) is 27.9 Å². The van der Waals surface area contributed by atoms with Gasteiger partial charge in [-0.05, 0) is 34.7 Å². The monoisotopic (exact) mass is 302 g/mol. The van der Waals surface area contributed by atoms with Crippen LogP contribution in [0.5, 0.6) is 5.75 Å². The van der Waals surface area contributed by atoms with Gasteiger partial charge < -0.3 is 4.74 Å². The van der Waals surface area contributed by atoms with E-state index >= 15 is 0 Å². The number of halogens is 3. The molecule has 0 N–H and O–H groups in total. The van der Waals surface area contributed by atoms with Crippen LogP contribution >= 0.6 is 45.8 Å². The Morgan fingerprint density at radius 2 is 1.91 bits per heavy atom. The zero-order valence-electron chi connectivity index (χ0n) is 5.70. The summed E-state index contributed by atoms with van der Waals surface area (Å²) in [7, 11) is 1.57. The molecular formula is C7H5Cl2IO. The topological polar surface area (TPSA) is 9.23 Å². The highest BCUT2D eigenvalue weighted by Crippen LogP contribution is 2.31. The highest BCUT2D eigenvalue weighted by Gasteiger charge is 2.04. The van der Waals surface area contributed by atoms with Crippen molar-refractivity contribution in [1.82, 2.24) is 0 Å². The van der Waals surface area contributed by atoms with E-state index in [0.29, 0.717) is 15.8 Å². The van der Waals surface area contributed by atoms with Crippen molar-refractivity contribution in [1.29, 1.82) is 0 Å². The predicted molar refractivity (Wildman–Crippen MR) is 55.7 cm³/mol. The summed E-state index contributed by atoms with van der Waals surface area (Å²) in [6.07, 6.45) is 0. The van der Waals surface area contributed by atoms with Gasteiger partial charge in [-0.3, -0.25) is 0 Å². The third kappa shape index (κ3) is 2.13. The van der Waals surface area contributed by atoms with E-state index in [1.807, 2.05) is 0 Å². The highest BCUT2D eigenvalue weighted by molar-refractivity contribution is 14.1. The van der Waals surface area contributed by atoms with Crippen molar-refractivity contribution in [2.75, 3.05) is 7.11 Å². The van der Waals surface area contributed by atoms with E-state index in [1.54, 1.807) is 19.2 Å². The summed E-state index contributed by atoms with van der Waals surface area (Å²) in [6, 6.07) is 3.47.